The molecule has 0 saturated carbocycles. The zero-order valence-corrected chi connectivity index (χ0v) is 20.1. The number of aromatic nitrogens is 2. The molecule has 2 aromatic heterocycles. The summed E-state index contributed by atoms with van der Waals surface area (Å²) in [5, 5.41) is 3.37. The van der Waals surface area contributed by atoms with Crippen LogP contribution in [0.15, 0.2) is 52.3 Å². The molecule has 10 heteroatoms. The molecule has 1 N–H and O–H groups in total. The number of ether oxygens (including phenoxy) is 1. The Morgan fingerprint density at radius 3 is 2.56 bits per heavy atom. The summed E-state index contributed by atoms with van der Waals surface area (Å²) in [7, 11) is -3.62. The van der Waals surface area contributed by atoms with Crippen LogP contribution in [0.4, 0.5) is 11.4 Å². The van der Waals surface area contributed by atoms with Crippen molar-refractivity contribution in [1.29, 1.82) is 0 Å². The lowest BCUT2D eigenvalue weighted by atomic mass is 10.2. The third-order valence-corrected chi connectivity index (χ3v) is 8.24. The van der Waals surface area contributed by atoms with E-state index in [0.717, 1.165) is 42.9 Å². The predicted octanol–water partition coefficient (Wildman–Crippen LogP) is 2.24. The molecule has 4 heterocycles. The molecule has 0 atom stereocenters. The lowest BCUT2D eigenvalue weighted by Crippen LogP contribution is -2.40. The summed E-state index contributed by atoms with van der Waals surface area (Å²) in [5.74, 6) is 0. The average Bonchev–Trinajstić information content (AvgIpc) is 3.38. The van der Waals surface area contributed by atoms with Gasteiger partial charge in [-0.15, -0.1) is 0 Å². The first kappa shape index (κ1) is 22.8. The molecular formula is C24H29N5O4S. The lowest BCUT2D eigenvalue weighted by Gasteiger charge is -2.27. The minimum absolute atomic E-state index is 0.145. The topological polar surface area (TPSA) is 96.2 Å². The van der Waals surface area contributed by atoms with Gasteiger partial charge in [-0.05, 0) is 49.6 Å². The van der Waals surface area contributed by atoms with Gasteiger partial charge in [-0.3, -0.25) is 9.20 Å². The molecule has 9 nitrogen and oxygen atoms in total. The van der Waals surface area contributed by atoms with E-state index < -0.39 is 10.0 Å². The molecule has 180 valence electrons. The van der Waals surface area contributed by atoms with E-state index in [4.69, 9.17) is 4.74 Å². The minimum atomic E-state index is -3.62. The van der Waals surface area contributed by atoms with Crippen LogP contribution in [-0.4, -0.2) is 61.5 Å². The SMILES string of the molecule is Cc1ccc2nc(CNc3cc(S(=O)(=O)N4CCOCC4)ccc3N3CCCC3)cc(=O)n2c1. The van der Waals surface area contributed by atoms with E-state index in [1.54, 1.807) is 18.3 Å². The largest absolute Gasteiger partial charge is 0.379 e. The van der Waals surface area contributed by atoms with Gasteiger partial charge in [0.2, 0.25) is 10.0 Å². The monoisotopic (exact) mass is 483 g/mol. The highest BCUT2D eigenvalue weighted by Gasteiger charge is 2.28. The van der Waals surface area contributed by atoms with E-state index in [9.17, 15) is 13.2 Å². The molecule has 0 unspecified atom stereocenters. The highest BCUT2D eigenvalue weighted by atomic mass is 32.2. The number of nitrogens with one attached hydrogen (secondary N) is 1. The quantitative estimate of drug-likeness (QED) is 0.574. The van der Waals surface area contributed by atoms with Gasteiger partial charge in [0.15, 0.2) is 0 Å². The third kappa shape index (κ3) is 4.53. The van der Waals surface area contributed by atoms with Crippen LogP contribution in [0.1, 0.15) is 24.1 Å². The molecule has 0 bridgehead atoms. The number of rotatable bonds is 6. The van der Waals surface area contributed by atoms with Crippen LogP contribution in [0.5, 0.6) is 0 Å². The molecule has 0 aliphatic carbocycles. The Morgan fingerprint density at radius 2 is 1.79 bits per heavy atom. The van der Waals surface area contributed by atoms with Gasteiger partial charge < -0.3 is 15.0 Å². The smallest absolute Gasteiger partial charge is 0.258 e. The Morgan fingerprint density at radius 1 is 1.03 bits per heavy atom. The number of hydrogen-bond donors (Lipinski definition) is 1. The van der Waals surface area contributed by atoms with Gasteiger partial charge in [0, 0.05) is 38.4 Å². The summed E-state index contributed by atoms with van der Waals surface area (Å²) >= 11 is 0. The highest BCUT2D eigenvalue weighted by molar-refractivity contribution is 7.89. The number of anilines is 2. The molecule has 2 aliphatic heterocycles. The van der Waals surface area contributed by atoms with Crippen molar-refractivity contribution >= 4 is 27.0 Å². The van der Waals surface area contributed by atoms with Crippen molar-refractivity contribution in [3.8, 4) is 0 Å². The molecule has 2 aliphatic rings. The summed E-state index contributed by atoms with van der Waals surface area (Å²) in [6.07, 6.45) is 3.98. The summed E-state index contributed by atoms with van der Waals surface area (Å²) in [5.41, 5.74) is 3.71. The minimum Gasteiger partial charge on any atom is -0.379 e. The first-order valence-corrected chi connectivity index (χ1v) is 13.1. The second-order valence-corrected chi connectivity index (χ2v) is 10.7. The zero-order chi connectivity index (χ0) is 23.7. The molecule has 2 saturated heterocycles. The van der Waals surface area contributed by atoms with Crippen molar-refractivity contribution in [2.45, 2.75) is 31.2 Å². The van der Waals surface area contributed by atoms with Crippen LogP contribution in [0.2, 0.25) is 0 Å². The first-order valence-electron chi connectivity index (χ1n) is 11.6. The Hall–Kier alpha value is -2.95. The fourth-order valence-corrected chi connectivity index (χ4v) is 5.96. The highest BCUT2D eigenvalue weighted by Crippen LogP contribution is 2.32. The van der Waals surface area contributed by atoms with Gasteiger partial charge in [-0.25, -0.2) is 13.4 Å². The van der Waals surface area contributed by atoms with Crippen LogP contribution >= 0.6 is 0 Å². The third-order valence-electron chi connectivity index (χ3n) is 6.34. The van der Waals surface area contributed by atoms with Crippen molar-refractivity contribution in [2.75, 3.05) is 49.6 Å². The number of benzene rings is 1. The number of hydrogen-bond acceptors (Lipinski definition) is 7. The Kier molecular flexibility index (Phi) is 6.28. The normalized spacial score (nSPS) is 17.4. The maximum atomic E-state index is 13.2. The molecule has 34 heavy (non-hydrogen) atoms. The van der Waals surface area contributed by atoms with Crippen LogP contribution in [0.25, 0.3) is 5.65 Å². The van der Waals surface area contributed by atoms with Gasteiger partial charge in [0.1, 0.15) is 5.65 Å². The number of aryl methyl sites for hydroxylation is 1. The number of nitrogens with zero attached hydrogens (tertiary/aromatic N) is 4. The molecular weight excluding hydrogens is 454 g/mol. The molecule has 0 radical (unpaired) electrons. The fraction of sp³-hybridized carbons (Fsp3) is 0.417. The van der Waals surface area contributed by atoms with Crippen LogP contribution in [0, 0.1) is 6.92 Å². The van der Waals surface area contributed by atoms with Crippen molar-refractivity contribution < 1.29 is 13.2 Å². The molecule has 1 aromatic carbocycles. The molecule has 2 fully saturated rings. The van der Waals surface area contributed by atoms with Crippen LogP contribution in [-0.2, 0) is 21.3 Å². The molecule has 5 rings (SSSR count). The number of fused-ring (bicyclic) bond motifs is 1. The summed E-state index contributed by atoms with van der Waals surface area (Å²) in [6, 6.07) is 10.5. The van der Waals surface area contributed by atoms with Crippen molar-refractivity contribution in [1.82, 2.24) is 13.7 Å². The Bertz CT molecular complexity index is 1360. The van der Waals surface area contributed by atoms with E-state index in [0.29, 0.717) is 44.2 Å². The number of sulfonamides is 1. The Labute approximate surface area is 199 Å². The van der Waals surface area contributed by atoms with E-state index in [2.05, 4.69) is 15.2 Å². The van der Waals surface area contributed by atoms with Gasteiger partial charge in [0.05, 0.1) is 41.7 Å². The van der Waals surface area contributed by atoms with Crippen molar-refractivity contribution in [2.24, 2.45) is 0 Å². The second-order valence-electron chi connectivity index (χ2n) is 8.76. The summed E-state index contributed by atoms with van der Waals surface area (Å²) in [6.45, 7) is 5.60. The molecule has 0 amide bonds. The number of morpholine rings is 1. The van der Waals surface area contributed by atoms with E-state index in [1.807, 2.05) is 25.1 Å². The van der Waals surface area contributed by atoms with Gasteiger partial charge in [-0.1, -0.05) is 6.07 Å². The maximum Gasteiger partial charge on any atom is 0.258 e. The van der Waals surface area contributed by atoms with Crippen molar-refractivity contribution in [3.63, 3.8) is 0 Å². The zero-order valence-electron chi connectivity index (χ0n) is 19.2. The fourth-order valence-electron chi connectivity index (χ4n) is 4.52. The standard InChI is InChI=1S/C24H29N5O4S/c1-18-4-7-23-26-19(14-24(30)29(23)17-18)16-25-21-15-20(5-6-22(21)27-8-2-3-9-27)34(31,32)28-10-12-33-13-11-28/h4-7,14-15,17,25H,2-3,8-13,16H2,1H3. The molecule has 3 aromatic rings. The van der Waals surface area contributed by atoms with Gasteiger partial charge >= 0.3 is 0 Å². The van der Waals surface area contributed by atoms with Gasteiger partial charge in [-0.2, -0.15) is 4.31 Å². The Balaban J connectivity index is 1.46. The average molecular weight is 484 g/mol. The second kappa shape index (κ2) is 9.36. The van der Waals surface area contributed by atoms with E-state index in [1.165, 1.54) is 14.8 Å². The summed E-state index contributed by atoms with van der Waals surface area (Å²) < 4.78 is 34.8. The van der Waals surface area contributed by atoms with E-state index in [-0.39, 0.29) is 10.5 Å². The van der Waals surface area contributed by atoms with Crippen LogP contribution < -0.4 is 15.8 Å². The summed E-state index contributed by atoms with van der Waals surface area (Å²) in [4.78, 5) is 19.7. The van der Waals surface area contributed by atoms with E-state index >= 15 is 0 Å². The maximum absolute atomic E-state index is 13.2. The predicted molar refractivity (Wildman–Crippen MR) is 131 cm³/mol. The molecule has 0 spiro atoms. The van der Waals surface area contributed by atoms with Gasteiger partial charge in [0.25, 0.3) is 5.56 Å². The first-order chi connectivity index (χ1) is 16.4. The number of pyridine rings is 1. The van der Waals surface area contributed by atoms with Crippen molar-refractivity contribution in [3.05, 3.63) is 64.2 Å². The van der Waals surface area contributed by atoms with Crippen LogP contribution in [0.3, 0.4) is 0 Å². The lowest BCUT2D eigenvalue weighted by molar-refractivity contribution is 0.0730.